The molecule has 4 nitrogen and oxygen atoms in total. The Balaban J connectivity index is 4.61. The molecule has 4 heteroatoms. The van der Waals surface area contributed by atoms with Crippen molar-refractivity contribution in [3.05, 3.63) is 11.8 Å². The Hall–Kier alpha value is -1.32. The minimum Gasteiger partial charge on any atom is -0.466 e. The van der Waals surface area contributed by atoms with Crippen LogP contribution in [0.3, 0.4) is 0 Å². The molecule has 0 unspecified atom stereocenters. The van der Waals surface area contributed by atoms with Crippen molar-refractivity contribution in [2.75, 3.05) is 21.2 Å². The molecule has 0 aliphatic heterocycles. The summed E-state index contributed by atoms with van der Waals surface area (Å²) in [6, 6.07) is 0. The first-order valence-electron chi connectivity index (χ1n) is 3.47. The highest BCUT2D eigenvalue weighted by molar-refractivity contribution is 5.98. The maximum Gasteiger partial charge on any atom is 0.332 e. The maximum atomic E-state index is 10.9. The van der Waals surface area contributed by atoms with Gasteiger partial charge in [0.1, 0.15) is 0 Å². The molecule has 0 aromatic carbocycles. The van der Waals surface area contributed by atoms with Crippen LogP contribution in [0, 0.1) is 0 Å². The van der Waals surface area contributed by atoms with Crippen LogP contribution in [0.15, 0.2) is 11.8 Å². The normalized spacial score (nSPS) is 10.8. The number of Topliss-reactive ketones (excluding diaryl/α,β-unsaturated/α-hetero) is 1. The summed E-state index contributed by atoms with van der Waals surface area (Å²) in [7, 11) is 4.65. The number of nitrogens with zero attached hydrogens (tertiary/aromatic N) is 1. The Labute approximate surface area is 71.8 Å². The number of carbonyl (C=O) groups is 2. The molecular formula is C8H13NO3. The van der Waals surface area contributed by atoms with Gasteiger partial charge in [0.25, 0.3) is 0 Å². The van der Waals surface area contributed by atoms with Gasteiger partial charge in [-0.2, -0.15) is 0 Å². The lowest BCUT2D eigenvalue weighted by Crippen LogP contribution is -2.18. The van der Waals surface area contributed by atoms with Gasteiger partial charge in [0.15, 0.2) is 5.78 Å². The first-order valence-corrected chi connectivity index (χ1v) is 3.47. The lowest BCUT2D eigenvalue weighted by Gasteiger charge is -2.13. The summed E-state index contributed by atoms with van der Waals surface area (Å²) in [4.78, 5) is 23.2. The molecule has 0 rings (SSSR count). The molecule has 68 valence electrons. The number of ketones is 1. The van der Waals surface area contributed by atoms with E-state index in [1.165, 1.54) is 20.1 Å². The monoisotopic (exact) mass is 171 g/mol. The number of methoxy groups -OCH3 is 1. The second kappa shape index (κ2) is 4.54. The zero-order chi connectivity index (χ0) is 9.72. The fraction of sp³-hybridized carbons (Fsp3) is 0.500. The van der Waals surface area contributed by atoms with Crippen molar-refractivity contribution >= 4 is 11.8 Å². The van der Waals surface area contributed by atoms with E-state index in [1.54, 1.807) is 19.0 Å². The molecule has 0 amide bonds. The molecule has 0 saturated carbocycles. The third-order valence-corrected chi connectivity index (χ3v) is 1.30. The summed E-state index contributed by atoms with van der Waals surface area (Å²) in [5.74, 6) is -0.681. The molecule has 0 aromatic heterocycles. The second-order valence-electron chi connectivity index (χ2n) is 2.50. The van der Waals surface area contributed by atoms with Gasteiger partial charge < -0.3 is 9.64 Å². The van der Waals surface area contributed by atoms with Crippen molar-refractivity contribution in [3.8, 4) is 0 Å². The Bertz CT molecular complexity index is 218. The summed E-state index contributed by atoms with van der Waals surface area (Å²) in [6.45, 7) is 1.40. The molecular weight excluding hydrogens is 158 g/mol. The van der Waals surface area contributed by atoms with Crippen molar-refractivity contribution in [2.45, 2.75) is 6.92 Å². The summed E-state index contributed by atoms with van der Waals surface area (Å²) < 4.78 is 4.39. The van der Waals surface area contributed by atoms with Gasteiger partial charge in [-0.25, -0.2) is 4.79 Å². The van der Waals surface area contributed by atoms with Crippen molar-refractivity contribution < 1.29 is 14.3 Å². The van der Waals surface area contributed by atoms with Crippen molar-refractivity contribution in [2.24, 2.45) is 0 Å². The van der Waals surface area contributed by atoms with Crippen LogP contribution in [0.1, 0.15) is 6.92 Å². The van der Waals surface area contributed by atoms with Crippen LogP contribution >= 0.6 is 0 Å². The molecule has 0 aromatic rings. The first kappa shape index (κ1) is 10.7. The molecule has 0 heterocycles. The molecule has 0 aliphatic carbocycles. The van der Waals surface area contributed by atoms with Crippen LogP contribution in [0.4, 0.5) is 0 Å². The fourth-order valence-electron chi connectivity index (χ4n) is 0.716. The standard InChI is InChI=1S/C8H13NO3/c1-6(10)7(9(2)3)5-8(11)12-4/h5H,1-4H3/b7-5+. The predicted molar refractivity (Wildman–Crippen MR) is 44.5 cm³/mol. The third-order valence-electron chi connectivity index (χ3n) is 1.30. The zero-order valence-corrected chi connectivity index (χ0v) is 7.75. The van der Waals surface area contributed by atoms with Crippen LogP contribution in [-0.2, 0) is 14.3 Å². The first-order chi connectivity index (χ1) is 5.49. The molecule has 0 atom stereocenters. The van der Waals surface area contributed by atoms with E-state index in [-0.39, 0.29) is 5.78 Å². The van der Waals surface area contributed by atoms with Crippen LogP contribution in [0.5, 0.6) is 0 Å². The highest BCUT2D eigenvalue weighted by Crippen LogP contribution is 1.99. The van der Waals surface area contributed by atoms with Gasteiger partial charge in [-0.15, -0.1) is 0 Å². The Kier molecular flexibility index (Phi) is 4.04. The minimum atomic E-state index is -0.520. The summed E-state index contributed by atoms with van der Waals surface area (Å²) in [6.07, 6.45) is 1.17. The van der Waals surface area contributed by atoms with Gasteiger partial charge in [-0.3, -0.25) is 4.79 Å². The Morgan fingerprint density at radius 1 is 1.33 bits per heavy atom. The van der Waals surface area contributed by atoms with Gasteiger partial charge >= 0.3 is 5.97 Å². The van der Waals surface area contributed by atoms with Gasteiger partial charge in [0.2, 0.25) is 0 Å². The number of esters is 1. The van der Waals surface area contributed by atoms with E-state index in [9.17, 15) is 9.59 Å². The highest BCUT2D eigenvalue weighted by Gasteiger charge is 2.08. The van der Waals surface area contributed by atoms with Gasteiger partial charge in [0.05, 0.1) is 18.9 Å². The van der Waals surface area contributed by atoms with E-state index in [1.807, 2.05) is 0 Å². The van der Waals surface area contributed by atoms with Gasteiger partial charge in [-0.1, -0.05) is 0 Å². The van der Waals surface area contributed by atoms with E-state index in [0.29, 0.717) is 5.70 Å². The third kappa shape index (κ3) is 3.18. The van der Waals surface area contributed by atoms with Crippen molar-refractivity contribution in [3.63, 3.8) is 0 Å². The molecule has 0 N–H and O–H groups in total. The van der Waals surface area contributed by atoms with Crippen LogP contribution in [0.2, 0.25) is 0 Å². The number of hydrogen-bond donors (Lipinski definition) is 0. The summed E-state index contributed by atoms with van der Waals surface area (Å²) in [5.41, 5.74) is 0.335. The number of allylic oxidation sites excluding steroid dienone is 1. The molecule has 0 radical (unpaired) electrons. The zero-order valence-electron chi connectivity index (χ0n) is 7.75. The quantitative estimate of drug-likeness (QED) is 0.449. The number of rotatable bonds is 3. The average Bonchev–Trinajstić information content (AvgIpc) is 1.98. The molecule has 0 saturated heterocycles. The smallest absolute Gasteiger partial charge is 0.332 e. The SMILES string of the molecule is COC(=O)/C=C(\C(C)=O)N(C)C. The minimum absolute atomic E-state index is 0.162. The predicted octanol–water partition coefficient (Wildman–Crippen LogP) is 0.194. The van der Waals surface area contributed by atoms with Crippen LogP contribution < -0.4 is 0 Å². The lowest BCUT2D eigenvalue weighted by atomic mass is 10.3. The van der Waals surface area contributed by atoms with E-state index in [4.69, 9.17) is 0 Å². The van der Waals surface area contributed by atoms with E-state index >= 15 is 0 Å². The Morgan fingerprint density at radius 3 is 2.08 bits per heavy atom. The van der Waals surface area contributed by atoms with Crippen molar-refractivity contribution in [1.82, 2.24) is 4.90 Å². The van der Waals surface area contributed by atoms with E-state index in [0.717, 1.165) is 0 Å². The Morgan fingerprint density at radius 2 is 1.83 bits per heavy atom. The molecule has 0 aliphatic rings. The van der Waals surface area contributed by atoms with E-state index in [2.05, 4.69) is 4.74 Å². The van der Waals surface area contributed by atoms with Crippen LogP contribution in [-0.4, -0.2) is 37.9 Å². The number of carbonyl (C=O) groups excluding carboxylic acids is 2. The maximum absolute atomic E-state index is 10.9. The van der Waals surface area contributed by atoms with Gasteiger partial charge in [0, 0.05) is 21.0 Å². The summed E-state index contributed by atoms with van der Waals surface area (Å²) >= 11 is 0. The second-order valence-corrected chi connectivity index (χ2v) is 2.50. The largest absolute Gasteiger partial charge is 0.466 e. The highest BCUT2D eigenvalue weighted by atomic mass is 16.5. The lowest BCUT2D eigenvalue weighted by molar-refractivity contribution is -0.135. The van der Waals surface area contributed by atoms with Crippen molar-refractivity contribution in [1.29, 1.82) is 0 Å². The average molecular weight is 171 g/mol. The molecule has 12 heavy (non-hydrogen) atoms. The van der Waals surface area contributed by atoms with Crippen LogP contribution in [0.25, 0.3) is 0 Å². The fourth-order valence-corrected chi connectivity index (χ4v) is 0.716. The molecule has 0 fully saturated rings. The molecule has 0 spiro atoms. The number of hydrogen-bond acceptors (Lipinski definition) is 4. The topological polar surface area (TPSA) is 46.6 Å². The van der Waals surface area contributed by atoms with Gasteiger partial charge in [-0.05, 0) is 0 Å². The number of ether oxygens (including phenoxy) is 1. The van der Waals surface area contributed by atoms with E-state index < -0.39 is 5.97 Å². The molecule has 0 bridgehead atoms. The number of likely N-dealkylation sites (N-methyl/N-ethyl adjacent to an activating group) is 1. The summed E-state index contributed by atoms with van der Waals surface area (Å²) in [5, 5.41) is 0.